The number of carbonyl (C=O) groups excluding carboxylic acids is 2. The largest absolute Gasteiger partial charge is 0.497 e. The minimum absolute atomic E-state index is 0.0174. The third-order valence-corrected chi connectivity index (χ3v) is 7.85. The summed E-state index contributed by atoms with van der Waals surface area (Å²) in [6, 6.07) is 32.1. The highest BCUT2D eigenvalue weighted by molar-refractivity contribution is 5.88. The smallest absolute Gasteiger partial charge is 0.242 e. The molecule has 0 aliphatic heterocycles. The van der Waals surface area contributed by atoms with Crippen LogP contribution in [0.3, 0.4) is 0 Å². The monoisotopic (exact) mass is 579 g/mol. The SMILES string of the molecule is CCC(C(=O)N(CCC(C)C)CC(=O)N(Cc1ccccc1)Cc1cccn1Cc1cccc(OC)c1)c1ccccc1. The standard InChI is InChI=1S/C37H45N3O3/c1-5-35(32-17-10-7-11-18-32)37(42)39(23-21-29(2)3)28-36(41)40(25-30-14-8-6-9-15-30)27-33-19-13-22-38(33)26-31-16-12-20-34(24-31)43-4/h6-20,22,24,29,35H,5,21,23,25-28H2,1-4H3. The summed E-state index contributed by atoms with van der Waals surface area (Å²) in [4.78, 5) is 31.8. The number of ether oxygens (including phenoxy) is 1. The molecule has 1 aromatic heterocycles. The number of aromatic nitrogens is 1. The van der Waals surface area contributed by atoms with Gasteiger partial charge < -0.3 is 19.1 Å². The summed E-state index contributed by atoms with van der Waals surface area (Å²) in [6.45, 7) is 8.51. The molecule has 0 fully saturated rings. The minimum Gasteiger partial charge on any atom is -0.497 e. The van der Waals surface area contributed by atoms with E-state index in [0.717, 1.165) is 34.6 Å². The predicted molar refractivity (Wildman–Crippen MR) is 173 cm³/mol. The topological polar surface area (TPSA) is 54.8 Å². The van der Waals surface area contributed by atoms with Gasteiger partial charge in [-0.1, -0.05) is 93.6 Å². The molecule has 0 saturated carbocycles. The zero-order chi connectivity index (χ0) is 30.6. The lowest BCUT2D eigenvalue weighted by Gasteiger charge is -2.31. The molecule has 6 nitrogen and oxygen atoms in total. The Morgan fingerprint density at radius 2 is 1.51 bits per heavy atom. The van der Waals surface area contributed by atoms with Gasteiger partial charge in [-0.2, -0.15) is 0 Å². The molecule has 226 valence electrons. The van der Waals surface area contributed by atoms with Crippen LogP contribution in [-0.4, -0.2) is 46.4 Å². The van der Waals surface area contributed by atoms with Crippen LogP contribution >= 0.6 is 0 Å². The Morgan fingerprint density at radius 1 is 0.814 bits per heavy atom. The first-order valence-corrected chi connectivity index (χ1v) is 15.3. The lowest BCUT2D eigenvalue weighted by molar-refractivity contribution is -0.142. The Balaban J connectivity index is 1.58. The molecule has 4 rings (SSSR count). The van der Waals surface area contributed by atoms with Crippen molar-refractivity contribution < 1.29 is 14.3 Å². The quantitative estimate of drug-likeness (QED) is 0.150. The van der Waals surface area contributed by atoms with Gasteiger partial charge in [-0.05, 0) is 59.7 Å². The number of benzene rings is 3. The van der Waals surface area contributed by atoms with E-state index in [1.807, 2.05) is 103 Å². The van der Waals surface area contributed by atoms with Crippen LogP contribution in [0.15, 0.2) is 103 Å². The molecule has 1 unspecified atom stereocenters. The molecule has 0 bridgehead atoms. The van der Waals surface area contributed by atoms with Gasteiger partial charge in [-0.25, -0.2) is 0 Å². The van der Waals surface area contributed by atoms with E-state index in [2.05, 4.69) is 30.5 Å². The van der Waals surface area contributed by atoms with Crippen LogP contribution in [0.5, 0.6) is 5.75 Å². The highest BCUT2D eigenvalue weighted by Crippen LogP contribution is 2.23. The van der Waals surface area contributed by atoms with Gasteiger partial charge in [0.25, 0.3) is 0 Å². The fourth-order valence-electron chi connectivity index (χ4n) is 5.35. The fraction of sp³-hybridized carbons (Fsp3) is 0.351. The second-order valence-corrected chi connectivity index (χ2v) is 11.5. The maximum absolute atomic E-state index is 14.1. The molecule has 4 aromatic rings. The summed E-state index contributed by atoms with van der Waals surface area (Å²) < 4.78 is 7.59. The predicted octanol–water partition coefficient (Wildman–Crippen LogP) is 7.14. The number of carbonyl (C=O) groups is 2. The number of rotatable bonds is 15. The minimum atomic E-state index is -0.274. The lowest BCUT2D eigenvalue weighted by Crippen LogP contribution is -2.45. The van der Waals surface area contributed by atoms with Gasteiger partial charge in [0.2, 0.25) is 11.8 Å². The summed E-state index contributed by atoms with van der Waals surface area (Å²) in [6.07, 6.45) is 3.57. The van der Waals surface area contributed by atoms with Gasteiger partial charge >= 0.3 is 0 Å². The van der Waals surface area contributed by atoms with Crippen LogP contribution in [0.2, 0.25) is 0 Å². The Kier molecular flexibility index (Phi) is 11.6. The van der Waals surface area contributed by atoms with Crippen molar-refractivity contribution in [2.75, 3.05) is 20.2 Å². The normalized spacial score (nSPS) is 11.7. The van der Waals surface area contributed by atoms with E-state index < -0.39 is 0 Å². The molecule has 3 aromatic carbocycles. The molecular weight excluding hydrogens is 534 g/mol. The van der Waals surface area contributed by atoms with Crippen molar-refractivity contribution in [3.05, 3.63) is 126 Å². The molecule has 0 aliphatic rings. The molecule has 6 heteroatoms. The highest BCUT2D eigenvalue weighted by Gasteiger charge is 2.28. The van der Waals surface area contributed by atoms with Crippen LogP contribution in [0.4, 0.5) is 0 Å². The molecule has 1 heterocycles. The van der Waals surface area contributed by atoms with E-state index in [1.54, 1.807) is 12.0 Å². The van der Waals surface area contributed by atoms with Crippen molar-refractivity contribution in [1.82, 2.24) is 14.4 Å². The number of hydrogen-bond acceptors (Lipinski definition) is 3. The van der Waals surface area contributed by atoms with E-state index in [-0.39, 0.29) is 24.3 Å². The van der Waals surface area contributed by atoms with Crippen LogP contribution in [-0.2, 0) is 29.2 Å². The maximum atomic E-state index is 14.1. The van der Waals surface area contributed by atoms with Crippen molar-refractivity contribution in [3.8, 4) is 5.75 Å². The van der Waals surface area contributed by atoms with E-state index in [1.165, 1.54) is 0 Å². The summed E-state index contributed by atoms with van der Waals surface area (Å²) in [5.41, 5.74) is 4.20. The molecular formula is C37H45N3O3. The van der Waals surface area contributed by atoms with Gasteiger partial charge in [0.1, 0.15) is 5.75 Å². The zero-order valence-electron chi connectivity index (χ0n) is 26.0. The molecule has 0 spiro atoms. The lowest BCUT2D eigenvalue weighted by atomic mass is 9.94. The van der Waals surface area contributed by atoms with Crippen molar-refractivity contribution in [2.45, 2.75) is 59.2 Å². The Hall–Kier alpha value is -4.32. The summed E-state index contributed by atoms with van der Waals surface area (Å²) in [5.74, 6) is 0.923. The molecule has 2 amide bonds. The average molecular weight is 580 g/mol. The van der Waals surface area contributed by atoms with Crippen molar-refractivity contribution in [2.24, 2.45) is 5.92 Å². The third-order valence-electron chi connectivity index (χ3n) is 7.85. The number of amides is 2. The molecule has 0 saturated heterocycles. The third kappa shape index (κ3) is 9.08. The molecule has 0 radical (unpaired) electrons. The van der Waals surface area contributed by atoms with Crippen molar-refractivity contribution in [1.29, 1.82) is 0 Å². The first kappa shape index (κ1) is 31.6. The second-order valence-electron chi connectivity index (χ2n) is 11.5. The van der Waals surface area contributed by atoms with Gasteiger partial charge in [-0.3, -0.25) is 9.59 Å². The van der Waals surface area contributed by atoms with Gasteiger partial charge in [-0.15, -0.1) is 0 Å². The maximum Gasteiger partial charge on any atom is 0.242 e. The fourth-order valence-corrected chi connectivity index (χ4v) is 5.35. The molecule has 0 aliphatic carbocycles. The molecule has 1 atom stereocenters. The molecule has 43 heavy (non-hydrogen) atoms. The van der Waals surface area contributed by atoms with E-state index in [0.29, 0.717) is 38.5 Å². The zero-order valence-corrected chi connectivity index (χ0v) is 26.0. The Bertz CT molecular complexity index is 1430. The number of hydrogen-bond donors (Lipinski definition) is 0. The first-order valence-electron chi connectivity index (χ1n) is 15.3. The number of methoxy groups -OCH3 is 1. The van der Waals surface area contributed by atoms with E-state index in [9.17, 15) is 9.59 Å². The van der Waals surface area contributed by atoms with Crippen LogP contribution in [0, 0.1) is 5.92 Å². The van der Waals surface area contributed by atoms with Crippen molar-refractivity contribution in [3.63, 3.8) is 0 Å². The Labute approximate surface area is 256 Å². The summed E-state index contributed by atoms with van der Waals surface area (Å²) in [5, 5.41) is 0. The van der Waals surface area contributed by atoms with Crippen molar-refractivity contribution >= 4 is 11.8 Å². The van der Waals surface area contributed by atoms with Crippen LogP contribution in [0.25, 0.3) is 0 Å². The van der Waals surface area contributed by atoms with Gasteiger partial charge in [0, 0.05) is 31.5 Å². The first-order chi connectivity index (χ1) is 20.9. The van der Waals surface area contributed by atoms with Crippen LogP contribution in [0.1, 0.15) is 61.9 Å². The summed E-state index contributed by atoms with van der Waals surface area (Å²) >= 11 is 0. The second kappa shape index (κ2) is 15.8. The highest BCUT2D eigenvalue weighted by atomic mass is 16.5. The van der Waals surface area contributed by atoms with Crippen LogP contribution < -0.4 is 4.74 Å². The van der Waals surface area contributed by atoms with Gasteiger partial charge in [0.05, 0.1) is 26.1 Å². The average Bonchev–Trinajstić information content (AvgIpc) is 3.46. The number of nitrogens with zero attached hydrogens (tertiary/aromatic N) is 3. The Morgan fingerprint density at radius 3 is 2.19 bits per heavy atom. The van der Waals surface area contributed by atoms with E-state index in [4.69, 9.17) is 4.74 Å². The van der Waals surface area contributed by atoms with E-state index >= 15 is 0 Å². The summed E-state index contributed by atoms with van der Waals surface area (Å²) in [7, 11) is 1.67. The van der Waals surface area contributed by atoms with Gasteiger partial charge in [0.15, 0.2) is 0 Å². The molecule has 0 N–H and O–H groups in total.